The van der Waals surface area contributed by atoms with Crippen molar-refractivity contribution in [3.05, 3.63) is 24.8 Å². The molecule has 52 valence electrons. The minimum atomic E-state index is -1.56. The van der Waals surface area contributed by atoms with Crippen molar-refractivity contribution < 1.29 is 0 Å². The zero-order valence-corrected chi connectivity index (χ0v) is 9.55. The predicted molar refractivity (Wildman–Crippen MR) is 47.5 cm³/mol. The first-order chi connectivity index (χ1) is 3.95. The van der Waals surface area contributed by atoms with Gasteiger partial charge in [0.1, 0.15) is 0 Å². The summed E-state index contributed by atoms with van der Waals surface area (Å²) in [6.07, 6.45) is 1.88. The van der Waals surface area contributed by atoms with E-state index in [1.165, 1.54) is 10.0 Å². The second-order valence-electron chi connectivity index (χ2n) is 3.60. The van der Waals surface area contributed by atoms with E-state index in [0.29, 0.717) is 0 Å². The molecule has 0 atom stereocenters. The van der Waals surface area contributed by atoms with E-state index in [1.54, 1.807) is 0 Å². The third-order valence-electron chi connectivity index (χ3n) is 1.05. The molecule has 0 aliphatic carbocycles. The van der Waals surface area contributed by atoms with Gasteiger partial charge in [0.05, 0.1) is 0 Å². The molecule has 0 unspecified atom stereocenters. The van der Waals surface area contributed by atoms with Crippen molar-refractivity contribution in [3.8, 4) is 0 Å². The number of hydrogen-bond donors (Lipinski definition) is 0. The summed E-state index contributed by atoms with van der Waals surface area (Å²) in [5.41, 5.74) is 1.22. The van der Waals surface area contributed by atoms with Gasteiger partial charge in [-0.3, -0.25) is 0 Å². The number of rotatable bonds is 3. The van der Waals surface area contributed by atoms with E-state index in [2.05, 4.69) is 28.0 Å². The quantitative estimate of drug-likeness (QED) is 0.517. The molecule has 0 nitrogen and oxygen atoms in total. The summed E-state index contributed by atoms with van der Waals surface area (Å²) in [4.78, 5) is 7.22. The number of hydrogen-bond acceptors (Lipinski definition) is 0. The molecular formula is C8H16Sn. The van der Waals surface area contributed by atoms with Crippen molar-refractivity contribution in [2.75, 3.05) is 0 Å². The Kier molecular flexibility index (Phi) is 3.55. The maximum absolute atomic E-state index is 3.89. The van der Waals surface area contributed by atoms with Crippen molar-refractivity contribution in [1.29, 1.82) is 0 Å². The summed E-state index contributed by atoms with van der Waals surface area (Å²) in [6.45, 7) is 7.57. The Morgan fingerprint density at radius 2 is 1.89 bits per heavy atom. The Hall–Kier alpha value is 0.279. The summed E-state index contributed by atoms with van der Waals surface area (Å²) < 4.78 is 1.25. The molecule has 0 aromatic carbocycles. The summed E-state index contributed by atoms with van der Waals surface area (Å²) in [7, 11) is 0. The molecule has 1 heteroatoms. The van der Waals surface area contributed by atoms with Crippen molar-refractivity contribution >= 4 is 18.4 Å². The third kappa shape index (κ3) is 6.16. The normalized spacial score (nSPS) is 11.0. The topological polar surface area (TPSA) is 0 Å². The summed E-state index contributed by atoms with van der Waals surface area (Å²) in [5.74, 6) is 0. The van der Waals surface area contributed by atoms with Crippen molar-refractivity contribution in [2.24, 2.45) is 0 Å². The average Bonchev–Trinajstić information content (AvgIpc) is 1.62. The van der Waals surface area contributed by atoms with E-state index < -0.39 is 18.4 Å². The molecule has 0 aromatic rings. The van der Waals surface area contributed by atoms with Crippen LogP contribution in [0.1, 0.15) is 0 Å². The van der Waals surface area contributed by atoms with Gasteiger partial charge in [0.15, 0.2) is 0 Å². The third-order valence-corrected chi connectivity index (χ3v) is 5.37. The van der Waals surface area contributed by atoms with Crippen LogP contribution in [0.2, 0.25) is 19.3 Å². The van der Waals surface area contributed by atoms with E-state index >= 15 is 0 Å². The van der Waals surface area contributed by atoms with Crippen LogP contribution < -0.4 is 0 Å². The fourth-order valence-electron chi connectivity index (χ4n) is 0.753. The first-order valence-corrected chi connectivity index (χ1v) is 13.8. The van der Waals surface area contributed by atoms with Gasteiger partial charge in [0.25, 0.3) is 0 Å². The zero-order valence-electron chi connectivity index (χ0n) is 6.70. The van der Waals surface area contributed by atoms with Crippen molar-refractivity contribution in [1.82, 2.24) is 0 Å². The van der Waals surface area contributed by atoms with Crippen molar-refractivity contribution in [2.45, 2.75) is 19.3 Å². The molecule has 0 amide bonds. The van der Waals surface area contributed by atoms with Crippen LogP contribution >= 0.6 is 0 Å². The second kappa shape index (κ2) is 3.45. The second-order valence-corrected chi connectivity index (χ2v) is 19.2. The standard InChI is InChI=1S/C5H7.3CH3.Sn/c1-4-5(2)3;;;;/h4H,1-3H2;3*1H3;. The summed E-state index contributed by atoms with van der Waals surface area (Å²) in [6, 6.07) is 0. The SMILES string of the molecule is C=CC(=C)[CH2][Sn]([CH3])([CH3])[CH3]. The molecule has 0 saturated carbocycles. The van der Waals surface area contributed by atoms with Crippen LogP contribution in [0.3, 0.4) is 0 Å². The molecule has 0 aliphatic rings. The van der Waals surface area contributed by atoms with Gasteiger partial charge in [0, 0.05) is 0 Å². The van der Waals surface area contributed by atoms with E-state index in [1.807, 2.05) is 6.08 Å². The molecular weight excluding hydrogens is 215 g/mol. The van der Waals surface area contributed by atoms with Crippen LogP contribution in [0.15, 0.2) is 24.8 Å². The van der Waals surface area contributed by atoms with E-state index in [-0.39, 0.29) is 0 Å². The van der Waals surface area contributed by atoms with Crippen molar-refractivity contribution in [3.63, 3.8) is 0 Å². The molecule has 0 aromatic heterocycles. The van der Waals surface area contributed by atoms with Gasteiger partial charge in [-0.1, -0.05) is 0 Å². The van der Waals surface area contributed by atoms with Crippen LogP contribution in [0.25, 0.3) is 0 Å². The van der Waals surface area contributed by atoms with Crippen LogP contribution in [0.4, 0.5) is 0 Å². The van der Waals surface area contributed by atoms with Gasteiger partial charge in [-0.2, -0.15) is 0 Å². The van der Waals surface area contributed by atoms with E-state index in [4.69, 9.17) is 0 Å². The van der Waals surface area contributed by atoms with Gasteiger partial charge >= 0.3 is 62.4 Å². The predicted octanol–water partition coefficient (Wildman–Crippen LogP) is 3.07. The fourth-order valence-corrected chi connectivity index (χ4v) is 5.05. The van der Waals surface area contributed by atoms with Gasteiger partial charge in [0.2, 0.25) is 0 Å². The first-order valence-electron chi connectivity index (χ1n) is 3.26. The van der Waals surface area contributed by atoms with Crippen LogP contribution in [-0.4, -0.2) is 18.4 Å². The van der Waals surface area contributed by atoms with Crippen LogP contribution in [-0.2, 0) is 0 Å². The molecule has 9 heavy (non-hydrogen) atoms. The minimum absolute atomic E-state index is 1.22. The Morgan fingerprint density at radius 1 is 1.44 bits per heavy atom. The molecule has 0 bridgehead atoms. The number of allylic oxidation sites excluding steroid dienone is 2. The van der Waals surface area contributed by atoms with E-state index in [9.17, 15) is 0 Å². The molecule has 0 spiro atoms. The summed E-state index contributed by atoms with van der Waals surface area (Å²) in [5, 5.41) is 0. The molecule has 0 rings (SSSR count). The first kappa shape index (κ1) is 9.28. The molecule has 0 radical (unpaired) electrons. The molecule has 0 heterocycles. The average molecular weight is 231 g/mol. The fraction of sp³-hybridized carbons (Fsp3) is 0.500. The molecule has 0 fully saturated rings. The Bertz CT molecular complexity index is 117. The van der Waals surface area contributed by atoms with Gasteiger partial charge < -0.3 is 0 Å². The van der Waals surface area contributed by atoms with Gasteiger partial charge in [-0.15, -0.1) is 0 Å². The van der Waals surface area contributed by atoms with Gasteiger partial charge in [-0.05, 0) is 0 Å². The zero-order chi connectivity index (χ0) is 7.49. The maximum atomic E-state index is 3.89. The Balaban J connectivity index is 3.74. The van der Waals surface area contributed by atoms with Crippen LogP contribution in [0, 0.1) is 0 Å². The summed E-state index contributed by atoms with van der Waals surface area (Å²) >= 11 is -1.56. The molecule has 0 aliphatic heterocycles. The van der Waals surface area contributed by atoms with Gasteiger partial charge in [-0.25, -0.2) is 0 Å². The molecule has 0 N–H and O–H groups in total. The molecule has 0 saturated heterocycles. The Labute approximate surface area is 62.5 Å². The monoisotopic (exact) mass is 232 g/mol. The Morgan fingerprint density at radius 3 is 2.00 bits per heavy atom. The van der Waals surface area contributed by atoms with E-state index in [0.717, 1.165) is 0 Å². The van der Waals surface area contributed by atoms with Crippen LogP contribution in [0.5, 0.6) is 0 Å².